The van der Waals surface area contributed by atoms with Crippen molar-refractivity contribution >= 4 is 22.5 Å². The molecule has 1 aliphatic carbocycles. The summed E-state index contributed by atoms with van der Waals surface area (Å²) in [5, 5.41) is 20.3. The van der Waals surface area contributed by atoms with Gasteiger partial charge >= 0.3 is 0 Å². The van der Waals surface area contributed by atoms with Crippen LogP contribution in [0.15, 0.2) is 58.8 Å². The second-order valence-corrected chi connectivity index (χ2v) is 13.1. The number of carbonyl (C=O) groups is 1. The molecule has 6 nitrogen and oxygen atoms in total. The molecule has 2 bridgehead atoms. The van der Waals surface area contributed by atoms with Gasteiger partial charge in [-0.05, 0) is 59.3 Å². The van der Waals surface area contributed by atoms with Crippen molar-refractivity contribution < 1.29 is 9.90 Å². The van der Waals surface area contributed by atoms with Crippen molar-refractivity contribution in [2.75, 3.05) is 6.54 Å². The molecule has 6 heteroatoms. The summed E-state index contributed by atoms with van der Waals surface area (Å²) >= 11 is 0. The fourth-order valence-electron chi connectivity index (χ4n) is 6.70. The van der Waals surface area contributed by atoms with Gasteiger partial charge in [0, 0.05) is 23.5 Å². The SMILES string of the molecule is CC1(C)CC2CC(C)(CN2Cn2c(O)c(N=NC(=O)c3ccc(C(C)(C)C)cc3)c3ccccc32)C1. The minimum Gasteiger partial charge on any atom is -0.493 e. The maximum atomic E-state index is 12.8. The van der Waals surface area contributed by atoms with E-state index in [4.69, 9.17) is 0 Å². The van der Waals surface area contributed by atoms with Crippen molar-refractivity contribution in [3.05, 3.63) is 59.7 Å². The van der Waals surface area contributed by atoms with Gasteiger partial charge in [-0.3, -0.25) is 14.3 Å². The van der Waals surface area contributed by atoms with Crippen LogP contribution in [0, 0.1) is 10.8 Å². The number of carbonyl (C=O) groups excluding carboxylic acids is 1. The number of azo groups is 1. The Morgan fingerprint density at radius 2 is 1.75 bits per heavy atom. The number of fused-ring (bicyclic) bond motifs is 3. The van der Waals surface area contributed by atoms with Gasteiger partial charge in [0.05, 0.1) is 12.2 Å². The summed E-state index contributed by atoms with van der Waals surface area (Å²) in [6.07, 6.45) is 3.59. The van der Waals surface area contributed by atoms with E-state index >= 15 is 0 Å². The summed E-state index contributed by atoms with van der Waals surface area (Å²) in [4.78, 5) is 15.3. The Morgan fingerprint density at radius 1 is 1.06 bits per heavy atom. The third-order valence-corrected chi connectivity index (χ3v) is 8.00. The molecule has 1 N–H and O–H groups in total. The molecule has 2 atom stereocenters. The first kappa shape index (κ1) is 24.7. The average molecular weight is 487 g/mol. The van der Waals surface area contributed by atoms with Crippen molar-refractivity contribution in [3.8, 4) is 5.88 Å². The van der Waals surface area contributed by atoms with Gasteiger partial charge in [0.15, 0.2) is 5.69 Å². The topological polar surface area (TPSA) is 70.2 Å². The van der Waals surface area contributed by atoms with Gasteiger partial charge in [0.1, 0.15) is 0 Å². The molecule has 1 aliphatic heterocycles. The molecular formula is C30H38N4O2. The maximum absolute atomic E-state index is 12.8. The van der Waals surface area contributed by atoms with Crippen molar-refractivity contribution in [2.45, 2.75) is 78.9 Å². The van der Waals surface area contributed by atoms with E-state index in [1.165, 1.54) is 12.8 Å². The molecular weight excluding hydrogens is 448 g/mol. The number of para-hydroxylation sites is 1. The minimum absolute atomic E-state index is 0.0116. The fourth-order valence-corrected chi connectivity index (χ4v) is 6.70. The van der Waals surface area contributed by atoms with E-state index in [0.717, 1.165) is 29.4 Å². The van der Waals surface area contributed by atoms with Gasteiger partial charge in [0.2, 0.25) is 5.88 Å². The smallest absolute Gasteiger partial charge is 0.295 e. The second-order valence-electron chi connectivity index (χ2n) is 13.1. The van der Waals surface area contributed by atoms with Crippen LogP contribution in [-0.4, -0.2) is 33.1 Å². The number of amides is 1. The number of aromatic nitrogens is 1. The van der Waals surface area contributed by atoms with Gasteiger partial charge in [-0.1, -0.05) is 71.9 Å². The lowest BCUT2D eigenvalue weighted by atomic mass is 9.65. The van der Waals surface area contributed by atoms with Crippen LogP contribution in [0.1, 0.15) is 76.7 Å². The lowest BCUT2D eigenvalue weighted by molar-refractivity contribution is 0.0995. The first-order valence-corrected chi connectivity index (χ1v) is 13.0. The normalized spacial score (nSPS) is 24.1. The largest absolute Gasteiger partial charge is 0.493 e. The van der Waals surface area contributed by atoms with Crippen molar-refractivity contribution in [1.82, 2.24) is 9.47 Å². The molecule has 190 valence electrons. The van der Waals surface area contributed by atoms with Gasteiger partial charge < -0.3 is 5.11 Å². The molecule has 2 fully saturated rings. The highest BCUT2D eigenvalue weighted by molar-refractivity contribution is 5.97. The Hall–Kier alpha value is -2.99. The molecule has 0 spiro atoms. The third-order valence-electron chi connectivity index (χ3n) is 8.00. The standard InChI is InChI=1S/C30H38N4O2/c1-28(2,3)21-13-11-20(12-14-21)26(35)32-31-25-23-9-7-8-10-24(23)34(27(25)36)19-33-18-30(6)16-22(33)15-29(4,5)17-30/h7-14,22,36H,15-19H2,1-6H3. The zero-order chi connectivity index (χ0) is 25.9. The molecule has 36 heavy (non-hydrogen) atoms. The first-order valence-electron chi connectivity index (χ1n) is 13.0. The molecule has 1 amide bonds. The molecule has 1 saturated carbocycles. The van der Waals surface area contributed by atoms with Crippen LogP contribution in [-0.2, 0) is 12.1 Å². The van der Waals surface area contributed by atoms with Crippen LogP contribution in [0.3, 0.4) is 0 Å². The lowest BCUT2D eigenvalue weighted by Gasteiger charge is -2.40. The Bertz CT molecular complexity index is 1330. The number of nitrogens with zero attached hydrogens (tertiary/aromatic N) is 4. The molecule has 5 rings (SSSR count). The van der Waals surface area contributed by atoms with E-state index in [0.29, 0.717) is 34.8 Å². The monoisotopic (exact) mass is 486 g/mol. The Kier molecular flexibility index (Phi) is 5.86. The third kappa shape index (κ3) is 4.59. The lowest BCUT2D eigenvalue weighted by Crippen LogP contribution is -2.35. The summed E-state index contributed by atoms with van der Waals surface area (Å²) in [6.45, 7) is 15.2. The van der Waals surface area contributed by atoms with Crippen LogP contribution in [0.2, 0.25) is 0 Å². The van der Waals surface area contributed by atoms with E-state index in [2.05, 4.69) is 56.7 Å². The first-order chi connectivity index (χ1) is 16.9. The molecule has 2 aliphatic rings. The van der Waals surface area contributed by atoms with Crippen molar-refractivity contribution in [1.29, 1.82) is 0 Å². The van der Waals surface area contributed by atoms with Gasteiger partial charge in [0.25, 0.3) is 5.91 Å². The van der Waals surface area contributed by atoms with Gasteiger partial charge in [-0.2, -0.15) is 0 Å². The molecule has 2 unspecified atom stereocenters. The highest BCUT2D eigenvalue weighted by Crippen LogP contribution is 2.53. The van der Waals surface area contributed by atoms with Crippen LogP contribution in [0.25, 0.3) is 10.9 Å². The molecule has 1 saturated heterocycles. The number of benzene rings is 2. The molecule has 0 radical (unpaired) electrons. The van der Waals surface area contributed by atoms with Gasteiger partial charge in [-0.15, -0.1) is 10.2 Å². The molecule has 1 aromatic heterocycles. The minimum atomic E-state index is -0.421. The van der Waals surface area contributed by atoms with Crippen molar-refractivity contribution in [2.24, 2.45) is 21.1 Å². The van der Waals surface area contributed by atoms with Crippen LogP contribution in [0.5, 0.6) is 5.88 Å². The Balaban J connectivity index is 1.42. The van der Waals surface area contributed by atoms with Crippen molar-refractivity contribution in [3.63, 3.8) is 0 Å². The van der Waals surface area contributed by atoms with E-state index in [1.807, 2.05) is 41.0 Å². The van der Waals surface area contributed by atoms with E-state index in [9.17, 15) is 9.90 Å². The quantitative estimate of drug-likeness (QED) is 0.390. The summed E-state index contributed by atoms with van der Waals surface area (Å²) in [5.74, 6) is -0.364. The number of hydrogen-bond donors (Lipinski definition) is 1. The maximum Gasteiger partial charge on any atom is 0.295 e. The Labute approximate surface area is 214 Å². The molecule has 2 aromatic carbocycles. The van der Waals surface area contributed by atoms with E-state index < -0.39 is 5.91 Å². The number of aromatic hydroxyl groups is 1. The van der Waals surface area contributed by atoms with E-state index in [1.54, 1.807) is 12.1 Å². The predicted octanol–water partition coefficient (Wildman–Crippen LogP) is 7.43. The summed E-state index contributed by atoms with van der Waals surface area (Å²) in [5.41, 5.74) is 3.53. The van der Waals surface area contributed by atoms with Crippen LogP contribution >= 0.6 is 0 Å². The molecule has 2 heterocycles. The van der Waals surface area contributed by atoms with Crippen LogP contribution < -0.4 is 0 Å². The summed E-state index contributed by atoms with van der Waals surface area (Å²) < 4.78 is 1.92. The number of hydrogen-bond acceptors (Lipinski definition) is 4. The number of likely N-dealkylation sites (tertiary alicyclic amines) is 1. The zero-order valence-electron chi connectivity index (χ0n) is 22.4. The summed E-state index contributed by atoms with van der Waals surface area (Å²) in [7, 11) is 0. The van der Waals surface area contributed by atoms with Crippen LogP contribution in [0.4, 0.5) is 5.69 Å². The Morgan fingerprint density at radius 3 is 2.44 bits per heavy atom. The zero-order valence-corrected chi connectivity index (χ0v) is 22.4. The average Bonchev–Trinajstić information content (AvgIpc) is 3.20. The fraction of sp³-hybridized carbons (Fsp3) is 0.500. The number of rotatable bonds is 4. The second kappa shape index (κ2) is 8.55. The van der Waals surface area contributed by atoms with E-state index in [-0.39, 0.29) is 11.3 Å². The summed E-state index contributed by atoms with van der Waals surface area (Å²) in [6, 6.07) is 15.8. The highest BCUT2D eigenvalue weighted by atomic mass is 16.3. The van der Waals surface area contributed by atoms with Gasteiger partial charge in [-0.25, -0.2) is 0 Å². The molecule has 3 aromatic rings. The predicted molar refractivity (Wildman–Crippen MR) is 144 cm³/mol. The highest BCUT2D eigenvalue weighted by Gasteiger charge is 2.49.